The largest absolute Gasteiger partial charge is 0.468 e. The number of ether oxygens (including phenoxy) is 2. The highest BCUT2D eigenvalue weighted by Crippen LogP contribution is 2.44. The number of aliphatic imine (C=N–C) groups is 1. The first-order valence-electron chi connectivity index (χ1n) is 7.65. The van der Waals surface area contributed by atoms with Crippen molar-refractivity contribution < 1.29 is 19.1 Å². The van der Waals surface area contributed by atoms with Crippen molar-refractivity contribution in [3.8, 4) is 6.07 Å². The van der Waals surface area contributed by atoms with Gasteiger partial charge in [0.1, 0.15) is 10.9 Å². The molecule has 1 aliphatic heterocycles. The van der Waals surface area contributed by atoms with Crippen LogP contribution in [0.15, 0.2) is 39.9 Å². The van der Waals surface area contributed by atoms with E-state index in [4.69, 9.17) is 16.3 Å². The molecule has 0 spiro atoms. The average molecular weight is 393 g/mol. The van der Waals surface area contributed by atoms with Crippen LogP contribution in [0.5, 0.6) is 0 Å². The van der Waals surface area contributed by atoms with E-state index in [1.165, 1.54) is 14.2 Å². The molecule has 1 unspecified atom stereocenters. The second-order valence-electron chi connectivity index (χ2n) is 5.45. The third-order valence-corrected chi connectivity index (χ3v) is 5.28. The summed E-state index contributed by atoms with van der Waals surface area (Å²) < 4.78 is 9.55. The Balaban J connectivity index is 2.59. The van der Waals surface area contributed by atoms with E-state index >= 15 is 0 Å². The van der Waals surface area contributed by atoms with Gasteiger partial charge in [-0.25, -0.2) is 4.99 Å². The summed E-state index contributed by atoms with van der Waals surface area (Å²) in [5.74, 6) is -2.33. The van der Waals surface area contributed by atoms with Gasteiger partial charge in [0, 0.05) is 16.7 Å². The van der Waals surface area contributed by atoms with E-state index in [2.05, 4.69) is 15.8 Å². The van der Waals surface area contributed by atoms with E-state index in [9.17, 15) is 14.9 Å². The lowest BCUT2D eigenvalue weighted by atomic mass is 9.77. The molecule has 1 aromatic carbocycles. The van der Waals surface area contributed by atoms with Crippen LogP contribution in [0.25, 0.3) is 0 Å². The zero-order valence-corrected chi connectivity index (χ0v) is 16.1. The van der Waals surface area contributed by atoms with Gasteiger partial charge in [-0.3, -0.25) is 9.59 Å². The summed E-state index contributed by atoms with van der Waals surface area (Å²) >= 11 is 7.43. The van der Waals surface area contributed by atoms with Gasteiger partial charge in [-0.05, 0) is 18.6 Å². The van der Waals surface area contributed by atoms with E-state index in [-0.39, 0.29) is 11.3 Å². The van der Waals surface area contributed by atoms with Gasteiger partial charge in [0.05, 0.1) is 31.6 Å². The molecule has 1 aliphatic rings. The van der Waals surface area contributed by atoms with Crippen LogP contribution in [-0.4, -0.2) is 37.6 Å². The summed E-state index contributed by atoms with van der Waals surface area (Å²) in [5, 5.41) is 10.6. The highest BCUT2D eigenvalue weighted by Gasteiger charge is 2.41. The summed E-state index contributed by atoms with van der Waals surface area (Å²) in [5.41, 5.74) is 1.40. The van der Waals surface area contributed by atoms with Gasteiger partial charge >= 0.3 is 11.9 Å². The number of methoxy groups -OCH3 is 2. The van der Waals surface area contributed by atoms with Gasteiger partial charge in [0.15, 0.2) is 0 Å². The van der Waals surface area contributed by atoms with Crippen LogP contribution in [0.4, 0.5) is 0 Å². The number of carbonyl (C=O) groups is 2. The Labute approximate surface area is 160 Å². The van der Waals surface area contributed by atoms with Crippen molar-refractivity contribution >= 4 is 41.0 Å². The average Bonchev–Trinajstić information content (AvgIpc) is 2.65. The number of benzene rings is 1. The highest BCUT2D eigenvalue weighted by molar-refractivity contribution is 8.03. The second kappa shape index (κ2) is 8.88. The minimum Gasteiger partial charge on any atom is -0.468 e. The summed E-state index contributed by atoms with van der Waals surface area (Å²) in [4.78, 5) is 28.2. The SMILES string of the molecule is COC(=O)CSC1=C(C#N)[C@H](c2ccccc2Cl)C(C(=O)OC)C(C)=N1. The smallest absolute Gasteiger partial charge is 0.316 e. The normalized spacial score (nSPS) is 19.4. The third kappa shape index (κ3) is 4.09. The molecule has 0 saturated heterocycles. The summed E-state index contributed by atoms with van der Waals surface area (Å²) in [7, 11) is 2.58. The highest BCUT2D eigenvalue weighted by atomic mass is 35.5. The topological polar surface area (TPSA) is 88.8 Å². The molecular weight excluding hydrogens is 376 g/mol. The Hall–Kier alpha value is -2.30. The van der Waals surface area contributed by atoms with E-state index in [1.807, 2.05) is 0 Å². The van der Waals surface area contributed by atoms with Crippen molar-refractivity contribution in [3.05, 3.63) is 45.5 Å². The zero-order valence-electron chi connectivity index (χ0n) is 14.5. The molecule has 0 amide bonds. The van der Waals surface area contributed by atoms with Crippen molar-refractivity contribution in [2.75, 3.05) is 20.0 Å². The van der Waals surface area contributed by atoms with Crippen molar-refractivity contribution in [2.45, 2.75) is 12.8 Å². The van der Waals surface area contributed by atoms with Crippen molar-refractivity contribution in [3.63, 3.8) is 0 Å². The summed E-state index contributed by atoms with van der Waals surface area (Å²) in [6, 6.07) is 9.15. The number of hydrogen-bond donors (Lipinski definition) is 0. The fourth-order valence-electron chi connectivity index (χ4n) is 2.74. The number of esters is 2. The van der Waals surface area contributed by atoms with Crippen LogP contribution < -0.4 is 0 Å². The predicted molar refractivity (Wildman–Crippen MR) is 99.9 cm³/mol. The van der Waals surface area contributed by atoms with Gasteiger partial charge < -0.3 is 9.47 Å². The van der Waals surface area contributed by atoms with Crippen LogP contribution >= 0.6 is 23.4 Å². The van der Waals surface area contributed by atoms with Crippen molar-refractivity contribution in [1.29, 1.82) is 5.26 Å². The molecule has 6 nitrogen and oxygen atoms in total. The minimum atomic E-state index is -0.767. The first-order chi connectivity index (χ1) is 12.4. The number of carbonyl (C=O) groups excluding carboxylic acids is 2. The zero-order chi connectivity index (χ0) is 19.3. The first-order valence-corrected chi connectivity index (χ1v) is 9.02. The molecule has 0 N–H and O–H groups in total. The first kappa shape index (κ1) is 20.0. The Morgan fingerprint density at radius 2 is 2.00 bits per heavy atom. The molecule has 1 heterocycles. The van der Waals surface area contributed by atoms with Crippen LogP contribution in [0.2, 0.25) is 5.02 Å². The van der Waals surface area contributed by atoms with Gasteiger partial charge in [0.2, 0.25) is 0 Å². The fourth-order valence-corrected chi connectivity index (χ4v) is 3.90. The maximum absolute atomic E-state index is 12.4. The lowest BCUT2D eigenvalue weighted by Crippen LogP contribution is -2.33. The fraction of sp³-hybridized carbons (Fsp3) is 0.333. The number of nitriles is 1. The quantitative estimate of drug-likeness (QED) is 0.714. The van der Waals surface area contributed by atoms with E-state index in [0.717, 1.165) is 11.8 Å². The molecule has 2 atom stereocenters. The van der Waals surface area contributed by atoms with Crippen molar-refractivity contribution in [1.82, 2.24) is 0 Å². The molecule has 0 aliphatic carbocycles. The molecule has 0 radical (unpaired) electrons. The molecule has 0 fully saturated rings. The van der Waals surface area contributed by atoms with Gasteiger partial charge in [-0.2, -0.15) is 5.26 Å². The molecule has 26 heavy (non-hydrogen) atoms. The minimum absolute atomic E-state index is 0.00588. The number of halogens is 1. The lowest BCUT2D eigenvalue weighted by Gasteiger charge is -2.30. The van der Waals surface area contributed by atoms with E-state index in [1.54, 1.807) is 31.2 Å². The van der Waals surface area contributed by atoms with Crippen LogP contribution in [-0.2, 0) is 19.1 Å². The van der Waals surface area contributed by atoms with Crippen LogP contribution in [0, 0.1) is 17.2 Å². The number of rotatable bonds is 5. The predicted octanol–water partition coefficient (Wildman–Crippen LogP) is 3.33. The number of nitrogens with zero attached hydrogens (tertiary/aromatic N) is 2. The maximum Gasteiger partial charge on any atom is 0.316 e. The molecule has 0 aromatic heterocycles. The third-order valence-electron chi connectivity index (χ3n) is 3.97. The van der Waals surface area contributed by atoms with Crippen LogP contribution in [0.3, 0.4) is 0 Å². The van der Waals surface area contributed by atoms with E-state index in [0.29, 0.717) is 21.3 Å². The Bertz CT molecular complexity index is 829. The standard InChI is InChI=1S/C18H17ClN2O4S/c1-10-15(18(23)25-3)16(11-6-4-5-7-13(11)19)12(8-20)17(21-10)26-9-14(22)24-2/h4-7,15-16H,9H2,1-3H3/t15?,16-/m0/s1. The number of hydrogen-bond acceptors (Lipinski definition) is 7. The molecule has 2 rings (SSSR count). The van der Waals surface area contributed by atoms with E-state index < -0.39 is 23.8 Å². The monoisotopic (exact) mass is 392 g/mol. The second-order valence-corrected chi connectivity index (χ2v) is 6.82. The summed E-state index contributed by atoms with van der Waals surface area (Å²) in [6.07, 6.45) is 0. The van der Waals surface area contributed by atoms with Gasteiger partial charge in [0.25, 0.3) is 0 Å². The maximum atomic E-state index is 12.4. The van der Waals surface area contributed by atoms with Crippen molar-refractivity contribution in [2.24, 2.45) is 10.9 Å². The Kier molecular flexibility index (Phi) is 6.83. The number of thioether (sulfide) groups is 1. The molecule has 136 valence electrons. The Morgan fingerprint density at radius 3 is 2.58 bits per heavy atom. The van der Waals surface area contributed by atoms with Crippen LogP contribution in [0.1, 0.15) is 18.4 Å². The van der Waals surface area contributed by atoms with Gasteiger partial charge in [-0.1, -0.05) is 41.6 Å². The molecule has 8 heteroatoms. The molecular formula is C18H17ClN2O4S. The molecule has 0 saturated carbocycles. The number of allylic oxidation sites excluding steroid dienone is 1. The molecule has 1 aromatic rings. The van der Waals surface area contributed by atoms with Gasteiger partial charge in [-0.15, -0.1) is 0 Å². The Morgan fingerprint density at radius 1 is 1.31 bits per heavy atom. The lowest BCUT2D eigenvalue weighted by molar-refractivity contribution is -0.143. The molecule has 0 bridgehead atoms. The summed E-state index contributed by atoms with van der Waals surface area (Å²) in [6.45, 7) is 1.69.